The minimum absolute atomic E-state index is 0.210. The van der Waals surface area contributed by atoms with Crippen LogP contribution in [0.5, 0.6) is 5.75 Å². The molecule has 1 aromatic carbocycles. The van der Waals surface area contributed by atoms with Gasteiger partial charge in [0.1, 0.15) is 0 Å². The fraction of sp³-hybridized carbons (Fsp3) is 0.368. The maximum absolute atomic E-state index is 13.9. The van der Waals surface area contributed by atoms with Gasteiger partial charge in [-0.3, -0.25) is 4.98 Å². The third-order valence-electron chi connectivity index (χ3n) is 3.87. The van der Waals surface area contributed by atoms with Gasteiger partial charge in [0.25, 0.3) is 0 Å². The molecule has 0 saturated heterocycles. The Labute approximate surface area is 147 Å². The van der Waals surface area contributed by atoms with Gasteiger partial charge in [-0.2, -0.15) is 0 Å². The predicted octanol–water partition coefficient (Wildman–Crippen LogP) is 3.56. The molecule has 0 aliphatic rings. The molecule has 0 saturated carbocycles. The molecular formula is C19H24FN3O2. The summed E-state index contributed by atoms with van der Waals surface area (Å²) >= 11 is 0. The summed E-state index contributed by atoms with van der Waals surface area (Å²) in [4.78, 5) is 18.1. The Kier molecular flexibility index (Phi) is 6.74. The fourth-order valence-electron chi connectivity index (χ4n) is 2.37. The second-order valence-corrected chi connectivity index (χ2v) is 5.79. The van der Waals surface area contributed by atoms with Gasteiger partial charge in [-0.15, -0.1) is 0 Å². The lowest BCUT2D eigenvalue weighted by Gasteiger charge is -2.22. The number of pyridine rings is 1. The molecule has 6 heteroatoms. The van der Waals surface area contributed by atoms with Gasteiger partial charge in [-0.25, -0.2) is 9.18 Å². The average molecular weight is 345 g/mol. The van der Waals surface area contributed by atoms with Gasteiger partial charge in [0.15, 0.2) is 11.6 Å². The first-order valence-electron chi connectivity index (χ1n) is 8.35. The molecule has 2 rings (SSSR count). The Morgan fingerprint density at radius 3 is 2.80 bits per heavy atom. The Bertz CT molecular complexity index is 694. The molecule has 0 unspecified atom stereocenters. The van der Waals surface area contributed by atoms with E-state index in [-0.39, 0.29) is 17.8 Å². The molecular weight excluding hydrogens is 321 g/mol. The smallest absolute Gasteiger partial charge is 0.317 e. The first kappa shape index (κ1) is 18.7. The van der Waals surface area contributed by atoms with Crippen LogP contribution in [0, 0.1) is 5.82 Å². The van der Waals surface area contributed by atoms with Crippen LogP contribution in [-0.4, -0.2) is 36.1 Å². The minimum Gasteiger partial charge on any atom is -0.491 e. The van der Waals surface area contributed by atoms with E-state index in [0.717, 1.165) is 5.69 Å². The Hall–Kier alpha value is -2.63. The first-order chi connectivity index (χ1) is 12.0. The zero-order valence-corrected chi connectivity index (χ0v) is 14.8. The van der Waals surface area contributed by atoms with E-state index < -0.39 is 5.82 Å². The lowest BCUT2D eigenvalue weighted by atomic mass is 10.1. The van der Waals surface area contributed by atoms with Gasteiger partial charge in [0, 0.05) is 31.9 Å². The van der Waals surface area contributed by atoms with Crippen molar-refractivity contribution in [1.29, 1.82) is 0 Å². The van der Waals surface area contributed by atoms with Gasteiger partial charge < -0.3 is 15.0 Å². The maximum atomic E-state index is 13.9. The highest BCUT2D eigenvalue weighted by atomic mass is 19.1. The molecule has 0 spiro atoms. The highest BCUT2D eigenvalue weighted by Crippen LogP contribution is 2.22. The quantitative estimate of drug-likeness (QED) is 0.835. The van der Waals surface area contributed by atoms with Crippen LogP contribution >= 0.6 is 0 Å². The molecule has 1 heterocycles. The number of hydrogen-bond acceptors (Lipinski definition) is 3. The van der Waals surface area contributed by atoms with Crippen LogP contribution in [0.4, 0.5) is 9.18 Å². The first-order valence-corrected chi connectivity index (χ1v) is 8.35. The summed E-state index contributed by atoms with van der Waals surface area (Å²) in [5.74, 6) is -0.207. The zero-order chi connectivity index (χ0) is 18.2. The Morgan fingerprint density at radius 2 is 2.16 bits per heavy atom. The molecule has 0 aliphatic heterocycles. The van der Waals surface area contributed by atoms with E-state index in [1.807, 2.05) is 25.1 Å². The van der Waals surface area contributed by atoms with Crippen LogP contribution < -0.4 is 10.1 Å². The molecule has 134 valence electrons. The summed E-state index contributed by atoms with van der Waals surface area (Å²) < 4.78 is 19.1. The summed E-state index contributed by atoms with van der Waals surface area (Å²) in [6.45, 7) is 4.58. The van der Waals surface area contributed by atoms with Crippen LogP contribution in [0.2, 0.25) is 0 Å². The number of carbonyl (C=O) groups is 1. The lowest BCUT2D eigenvalue weighted by molar-refractivity contribution is 0.206. The number of urea groups is 1. The standard InChI is InChI=1S/C19H24FN3O2/c1-4-25-18-9-8-15(13-17(18)20)14(2)22-19(24)23(3)12-10-16-7-5-6-11-21-16/h5-9,11,13-14H,4,10,12H2,1-3H3,(H,22,24)/t14-/m1/s1. The molecule has 1 N–H and O–H groups in total. The van der Waals surface area contributed by atoms with Crippen molar-refractivity contribution in [3.05, 3.63) is 59.7 Å². The summed E-state index contributed by atoms with van der Waals surface area (Å²) in [6, 6.07) is 9.92. The van der Waals surface area contributed by atoms with Crippen LogP contribution in [0.25, 0.3) is 0 Å². The monoisotopic (exact) mass is 345 g/mol. The summed E-state index contributed by atoms with van der Waals surface area (Å²) in [7, 11) is 1.73. The second-order valence-electron chi connectivity index (χ2n) is 5.79. The lowest BCUT2D eigenvalue weighted by Crippen LogP contribution is -2.39. The van der Waals surface area contributed by atoms with Crippen LogP contribution in [-0.2, 0) is 6.42 Å². The van der Waals surface area contributed by atoms with Crippen molar-refractivity contribution in [2.24, 2.45) is 0 Å². The van der Waals surface area contributed by atoms with Crippen molar-refractivity contribution < 1.29 is 13.9 Å². The van der Waals surface area contributed by atoms with E-state index in [2.05, 4.69) is 10.3 Å². The van der Waals surface area contributed by atoms with E-state index in [1.54, 1.807) is 37.2 Å². The second kappa shape index (κ2) is 9.01. The summed E-state index contributed by atoms with van der Waals surface area (Å²) in [5.41, 5.74) is 1.62. The highest BCUT2D eigenvalue weighted by molar-refractivity contribution is 5.74. The van der Waals surface area contributed by atoms with Crippen LogP contribution in [0.1, 0.15) is 31.1 Å². The molecule has 0 aliphatic carbocycles. The third-order valence-corrected chi connectivity index (χ3v) is 3.87. The number of nitrogens with zero attached hydrogens (tertiary/aromatic N) is 2. The molecule has 2 amide bonds. The van der Waals surface area contributed by atoms with Crippen molar-refractivity contribution in [3.8, 4) is 5.75 Å². The topological polar surface area (TPSA) is 54.5 Å². The number of halogens is 1. The van der Waals surface area contributed by atoms with E-state index in [1.165, 1.54) is 6.07 Å². The molecule has 25 heavy (non-hydrogen) atoms. The zero-order valence-electron chi connectivity index (χ0n) is 14.8. The van der Waals surface area contributed by atoms with Gasteiger partial charge in [-0.05, 0) is 43.7 Å². The number of aromatic nitrogens is 1. The number of likely N-dealkylation sites (N-methyl/N-ethyl adjacent to an activating group) is 1. The van der Waals surface area contributed by atoms with E-state index in [0.29, 0.717) is 25.1 Å². The molecule has 0 radical (unpaired) electrons. The van der Waals surface area contributed by atoms with Crippen LogP contribution in [0.15, 0.2) is 42.6 Å². The van der Waals surface area contributed by atoms with E-state index in [9.17, 15) is 9.18 Å². The van der Waals surface area contributed by atoms with Crippen molar-refractivity contribution in [2.45, 2.75) is 26.3 Å². The molecule has 1 aromatic heterocycles. The van der Waals surface area contributed by atoms with E-state index in [4.69, 9.17) is 4.74 Å². The SMILES string of the molecule is CCOc1ccc([C@@H](C)NC(=O)N(C)CCc2ccccn2)cc1F. The number of nitrogens with one attached hydrogen (secondary N) is 1. The number of amides is 2. The van der Waals surface area contributed by atoms with Crippen LogP contribution in [0.3, 0.4) is 0 Å². The molecule has 0 bridgehead atoms. The van der Waals surface area contributed by atoms with Crippen molar-refractivity contribution in [1.82, 2.24) is 15.2 Å². The van der Waals surface area contributed by atoms with Gasteiger partial charge in [0.2, 0.25) is 0 Å². The van der Waals surface area contributed by atoms with Gasteiger partial charge >= 0.3 is 6.03 Å². The minimum atomic E-state index is -0.427. The molecule has 5 nitrogen and oxygen atoms in total. The average Bonchev–Trinajstić information content (AvgIpc) is 2.62. The normalized spacial score (nSPS) is 11.7. The molecule has 2 aromatic rings. The summed E-state index contributed by atoms with van der Waals surface area (Å²) in [5, 5.41) is 2.87. The van der Waals surface area contributed by atoms with Gasteiger partial charge in [0.05, 0.1) is 12.6 Å². The van der Waals surface area contributed by atoms with E-state index >= 15 is 0 Å². The number of benzene rings is 1. The summed E-state index contributed by atoms with van der Waals surface area (Å²) in [6.07, 6.45) is 2.41. The van der Waals surface area contributed by atoms with Crippen molar-refractivity contribution in [3.63, 3.8) is 0 Å². The predicted molar refractivity (Wildman–Crippen MR) is 95.1 cm³/mol. The number of rotatable bonds is 7. The fourth-order valence-corrected chi connectivity index (χ4v) is 2.37. The van der Waals surface area contributed by atoms with Crippen molar-refractivity contribution >= 4 is 6.03 Å². The number of ether oxygens (including phenoxy) is 1. The number of carbonyl (C=O) groups excluding carboxylic acids is 1. The third kappa shape index (κ3) is 5.45. The Balaban J connectivity index is 1.89. The maximum Gasteiger partial charge on any atom is 0.317 e. The van der Waals surface area contributed by atoms with Crippen molar-refractivity contribution in [2.75, 3.05) is 20.2 Å². The molecule has 0 fully saturated rings. The van der Waals surface area contributed by atoms with Gasteiger partial charge in [-0.1, -0.05) is 12.1 Å². The highest BCUT2D eigenvalue weighted by Gasteiger charge is 2.15. The molecule has 1 atom stereocenters. The number of hydrogen-bond donors (Lipinski definition) is 1. The largest absolute Gasteiger partial charge is 0.491 e. The Morgan fingerprint density at radius 1 is 1.36 bits per heavy atom.